The van der Waals surface area contributed by atoms with Crippen LogP contribution in [0.2, 0.25) is 0 Å². The van der Waals surface area contributed by atoms with E-state index in [1.807, 2.05) is 4.90 Å². The fourth-order valence-electron chi connectivity index (χ4n) is 1.84. The molecule has 1 N–H and O–H groups in total. The SMILES string of the molecule is O=S1(=O)CCN(Cc2cccc(F)c2O)CC1. The zero-order valence-electron chi connectivity index (χ0n) is 9.26. The molecule has 1 saturated heterocycles. The molecular formula is C11H14FNO3S. The van der Waals surface area contributed by atoms with Crippen LogP contribution in [0, 0.1) is 5.82 Å². The molecule has 0 aliphatic carbocycles. The molecule has 1 aromatic rings. The summed E-state index contributed by atoms with van der Waals surface area (Å²) in [7, 11) is -2.90. The molecule has 0 aromatic heterocycles. The standard InChI is InChI=1S/C11H14FNO3S/c12-10-3-1-2-9(11(10)14)8-13-4-6-17(15,16)7-5-13/h1-3,14H,4-8H2. The van der Waals surface area contributed by atoms with Gasteiger partial charge in [-0.3, -0.25) is 4.90 Å². The minimum Gasteiger partial charge on any atom is -0.505 e. The highest BCUT2D eigenvalue weighted by molar-refractivity contribution is 7.91. The quantitative estimate of drug-likeness (QED) is 0.852. The van der Waals surface area contributed by atoms with Crippen molar-refractivity contribution < 1.29 is 17.9 Å². The van der Waals surface area contributed by atoms with Crippen molar-refractivity contribution in [2.75, 3.05) is 24.6 Å². The van der Waals surface area contributed by atoms with Crippen LogP contribution in [0.4, 0.5) is 4.39 Å². The molecule has 0 amide bonds. The predicted octanol–water partition coefficient (Wildman–Crippen LogP) is 0.762. The molecule has 1 heterocycles. The van der Waals surface area contributed by atoms with Crippen LogP contribution in [0.25, 0.3) is 0 Å². The van der Waals surface area contributed by atoms with Gasteiger partial charge in [-0.1, -0.05) is 12.1 Å². The molecule has 0 radical (unpaired) electrons. The van der Waals surface area contributed by atoms with Gasteiger partial charge in [-0.25, -0.2) is 12.8 Å². The number of nitrogens with zero attached hydrogens (tertiary/aromatic N) is 1. The summed E-state index contributed by atoms with van der Waals surface area (Å²) in [5.74, 6) is -0.736. The number of halogens is 1. The Labute approximate surface area is 99.6 Å². The van der Waals surface area contributed by atoms with Gasteiger partial charge in [0.25, 0.3) is 0 Å². The van der Waals surface area contributed by atoms with Crippen molar-refractivity contribution in [2.24, 2.45) is 0 Å². The van der Waals surface area contributed by atoms with Gasteiger partial charge >= 0.3 is 0 Å². The van der Waals surface area contributed by atoms with Crippen LogP contribution < -0.4 is 0 Å². The number of benzene rings is 1. The summed E-state index contributed by atoms with van der Waals surface area (Å²) >= 11 is 0. The zero-order valence-corrected chi connectivity index (χ0v) is 10.1. The van der Waals surface area contributed by atoms with Crippen LogP contribution in [-0.4, -0.2) is 43.0 Å². The van der Waals surface area contributed by atoms with E-state index in [1.165, 1.54) is 12.1 Å². The highest BCUT2D eigenvalue weighted by Gasteiger charge is 2.22. The summed E-state index contributed by atoms with van der Waals surface area (Å²) in [4.78, 5) is 1.90. The lowest BCUT2D eigenvalue weighted by Crippen LogP contribution is -2.39. The molecule has 1 aromatic carbocycles. The molecule has 2 rings (SSSR count). The third kappa shape index (κ3) is 2.95. The summed E-state index contributed by atoms with van der Waals surface area (Å²) in [5, 5.41) is 9.51. The van der Waals surface area contributed by atoms with E-state index in [9.17, 15) is 17.9 Å². The molecule has 17 heavy (non-hydrogen) atoms. The second kappa shape index (κ2) is 4.62. The zero-order chi connectivity index (χ0) is 12.5. The van der Waals surface area contributed by atoms with Gasteiger partial charge in [0.1, 0.15) is 0 Å². The number of rotatable bonds is 2. The van der Waals surface area contributed by atoms with E-state index in [4.69, 9.17) is 0 Å². The minimum absolute atomic E-state index is 0.128. The Kier molecular flexibility index (Phi) is 3.35. The molecular weight excluding hydrogens is 245 g/mol. The molecule has 6 heteroatoms. The maximum absolute atomic E-state index is 13.1. The number of hydrogen-bond acceptors (Lipinski definition) is 4. The highest BCUT2D eigenvalue weighted by atomic mass is 32.2. The lowest BCUT2D eigenvalue weighted by Gasteiger charge is -2.26. The lowest BCUT2D eigenvalue weighted by atomic mass is 10.2. The van der Waals surface area contributed by atoms with E-state index in [0.29, 0.717) is 25.2 Å². The average molecular weight is 259 g/mol. The molecule has 0 atom stereocenters. The first kappa shape index (κ1) is 12.3. The highest BCUT2D eigenvalue weighted by Crippen LogP contribution is 2.22. The van der Waals surface area contributed by atoms with Crippen LogP contribution in [0.3, 0.4) is 0 Å². The first-order valence-electron chi connectivity index (χ1n) is 5.37. The number of phenols is 1. The number of sulfone groups is 1. The Balaban J connectivity index is 2.05. The van der Waals surface area contributed by atoms with Gasteiger partial charge in [0, 0.05) is 25.2 Å². The van der Waals surface area contributed by atoms with E-state index in [0.717, 1.165) is 0 Å². The molecule has 0 spiro atoms. The third-order valence-corrected chi connectivity index (χ3v) is 4.51. The van der Waals surface area contributed by atoms with Crippen molar-refractivity contribution in [1.29, 1.82) is 0 Å². The first-order chi connectivity index (χ1) is 7.98. The van der Waals surface area contributed by atoms with Gasteiger partial charge in [-0.2, -0.15) is 0 Å². The van der Waals surface area contributed by atoms with Crippen molar-refractivity contribution in [3.63, 3.8) is 0 Å². The Morgan fingerprint density at radius 2 is 1.94 bits per heavy atom. The second-order valence-corrected chi connectivity index (χ2v) is 6.48. The van der Waals surface area contributed by atoms with Crippen molar-refractivity contribution >= 4 is 9.84 Å². The third-order valence-electron chi connectivity index (χ3n) is 2.90. The molecule has 0 unspecified atom stereocenters. The van der Waals surface area contributed by atoms with Gasteiger partial charge in [0.2, 0.25) is 0 Å². The van der Waals surface area contributed by atoms with Crippen molar-refractivity contribution in [2.45, 2.75) is 6.54 Å². The van der Waals surface area contributed by atoms with Crippen LogP contribution in [0.15, 0.2) is 18.2 Å². The Hall–Kier alpha value is -1.14. The van der Waals surface area contributed by atoms with E-state index in [2.05, 4.69) is 0 Å². The van der Waals surface area contributed by atoms with Crippen molar-refractivity contribution in [1.82, 2.24) is 4.90 Å². The van der Waals surface area contributed by atoms with E-state index < -0.39 is 15.7 Å². The molecule has 4 nitrogen and oxygen atoms in total. The van der Waals surface area contributed by atoms with Crippen molar-refractivity contribution in [3.8, 4) is 5.75 Å². The largest absolute Gasteiger partial charge is 0.505 e. The Morgan fingerprint density at radius 3 is 2.59 bits per heavy atom. The fraction of sp³-hybridized carbons (Fsp3) is 0.455. The number of hydrogen-bond donors (Lipinski definition) is 1. The molecule has 1 aliphatic rings. The van der Waals surface area contributed by atoms with Crippen LogP contribution in [0.5, 0.6) is 5.75 Å². The van der Waals surface area contributed by atoms with E-state index in [-0.39, 0.29) is 17.3 Å². The first-order valence-corrected chi connectivity index (χ1v) is 7.19. The molecule has 1 fully saturated rings. The summed E-state index contributed by atoms with van der Waals surface area (Å²) < 4.78 is 35.6. The van der Waals surface area contributed by atoms with Crippen LogP contribution in [-0.2, 0) is 16.4 Å². The molecule has 94 valence electrons. The molecule has 1 aliphatic heterocycles. The predicted molar refractivity (Wildman–Crippen MR) is 62.0 cm³/mol. The van der Waals surface area contributed by atoms with Gasteiger partial charge in [-0.05, 0) is 6.07 Å². The van der Waals surface area contributed by atoms with Gasteiger partial charge in [0.05, 0.1) is 11.5 Å². The van der Waals surface area contributed by atoms with Gasteiger partial charge in [0.15, 0.2) is 21.4 Å². The fourth-order valence-corrected chi connectivity index (χ4v) is 3.11. The Bertz CT molecular complexity index is 501. The second-order valence-electron chi connectivity index (χ2n) is 4.18. The van der Waals surface area contributed by atoms with E-state index in [1.54, 1.807) is 6.07 Å². The van der Waals surface area contributed by atoms with Crippen LogP contribution >= 0.6 is 0 Å². The maximum atomic E-state index is 13.1. The smallest absolute Gasteiger partial charge is 0.165 e. The van der Waals surface area contributed by atoms with Crippen molar-refractivity contribution in [3.05, 3.63) is 29.6 Å². The molecule has 0 bridgehead atoms. The average Bonchev–Trinajstić information content (AvgIpc) is 2.27. The topological polar surface area (TPSA) is 57.6 Å². The number of aromatic hydroxyl groups is 1. The summed E-state index contributed by atoms with van der Waals surface area (Å²) in [6, 6.07) is 4.37. The number of phenolic OH excluding ortho intramolecular Hbond substituents is 1. The Morgan fingerprint density at radius 1 is 1.29 bits per heavy atom. The van der Waals surface area contributed by atoms with Crippen LogP contribution in [0.1, 0.15) is 5.56 Å². The normalized spacial score (nSPS) is 20.3. The maximum Gasteiger partial charge on any atom is 0.165 e. The van der Waals surface area contributed by atoms with E-state index >= 15 is 0 Å². The van der Waals surface area contributed by atoms with Gasteiger partial charge < -0.3 is 5.11 Å². The summed E-state index contributed by atoms with van der Waals surface area (Å²) in [6.45, 7) is 1.23. The number of para-hydroxylation sites is 1. The monoisotopic (exact) mass is 259 g/mol. The molecule has 0 saturated carbocycles. The lowest BCUT2D eigenvalue weighted by molar-refractivity contribution is 0.281. The summed E-state index contributed by atoms with van der Waals surface area (Å²) in [5.41, 5.74) is 0.490. The summed E-state index contributed by atoms with van der Waals surface area (Å²) in [6.07, 6.45) is 0. The minimum atomic E-state index is -2.90. The van der Waals surface area contributed by atoms with Gasteiger partial charge in [-0.15, -0.1) is 0 Å².